The number of aliphatic carboxylic acids is 1. The number of ether oxygens (including phenoxy) is 2. The van der Waals surface area contributed by atoms with Crippen molar-refractivity contribution in [2.24, 2.45) is 5.92 Å². The second-order valence-corrected chi connectivity index (χ2v) is 10.3. The highest BCUT2D eigenvalue weighted by atomic mass is 35.5. The molecule has 4 N–H and O–H groups in total. The number of carbonyl (C=O) groups excluding carboxylic acids is 4. The lowest BCUT2D eigenvalue weighted by molar-refractivity contribution is -0.156. The minimum atomic E-state index is -1.78. The fourth-order valence-corrected chi connectivity index (χ4v) is 4.12. The lowest BCUT2D eigenvalue weighted by Crippen LogP contribution is -2.58. The van der Waals surface area contributed by atoms with Crippen molar-refractivity contribution in [3.05, 3.63) is 69.7 Å². The molecule has 0 heterocycles. The van der Waals surface area contributed by atoms with Gasteiger partial charge in [0, 0.05) is 15.6 Å². The highest BCUT2D eigenvalue weighted by Crippen LogP contribution is 2.25. The number of amides is 3. The number of benzene rings is 2. The van der Waals surface area contributed by atoms with Crippen LogP contribution in [0.1, 0.15) is 38.8 Å². The van der Waals surface area contributed by atoms with Crippen LogP contribution in [0.4, 0.5) is 4.79 Å². The zero-order valence-corrected chi connectivity index (χ0v) is 24.5. The predicted molar refractivity (Wildman–Crippen MR) is 151 cm³/mol. The highest BCUT2D eigenvalue weighted by molar-refractivity contribution is 6.35. The number of hydrogen-bond donors (Lipinski definition) is 4. The monoisotopic (exact) mass is 609 g/mol. The molecule has 0 aliphatic rings. The molecule has 11 nitrogen and oxygen atoms in total. The average Bonchev–Trinajstić information content (AvgIpc) is 2.91. The Morgan fingerprint density at radius 3 is 1.95 bits per heavy atom. The summed E-state index contributed by atoms with van der Waals surface area (Å²) in [5.41, 5.74) is 1.07. The Kier molecular flexibility index (Phi) is 13.0. The Morgan fingerprint density at radius 2 is 1.41 bits per heavy atom. The van der Waals surface area contributed by atoms with Gasteiger partial charge in [0.15, 0.2) is 11.9 Å². The first-order chi connectivity index (χ1) is 19.3. The van der Waals surface area contributed by atoms with Crippen molar-refractivity contribution in [1.29, 1.82) is 0 Å². The Bertz CT molecular complexity index is 1220. The van der Waals surface area contributed by atoms with E-state index < -0.39 is 53.9 Å². The van der Waals surface area contributed by atoms with Crippen LogP contribution in [0, 0.1) is 5.92 Å². The SMILES string of the molecule is CC(=O)C(NC(=O)[C@H](C)NC(=O)[C@@H](NC(=O)OCc1ccccc1)C(C)C)[C@H](OCc1c(Cl)cccc1Cl)C(=O)O. The van der Waals surface area contributed by atoms with Crippen LogP contribution in [-0.2, 0) is 41.9 Å². The summed E-state index contributed by atoms with van der Waals surface area (Å²) >= 11 is 12.2. The zero-order chi connectivity index (χ0) is 30.7. The van der Waals surface area contributed by atoms with E-state index in [-0.39, 0.29) is 29.2 Å². The molecular weight excluding hydrogens is 577 g/mol. The van der Waals surface area contributed by atoms with Gasteiger partial charge in [-0.15, -0.1) is 0 Å². The lowest BCUT2D eigenvalue weighted by Gasteiger charge is -2.26. The van der Waals surface area contributed by atoms with Crippen LogP contribution in [0.15, 0.2) is 48.5 Å². The van der Waals surface area contributed by atoms with Crippen LogP contribution in [0.5, 0.6) is 0 Å². The molecule has 41 heavy (non-hydrogen) atoms. The van der Waals surface area contributed by atoms with Gasteiger partial charge >= 0.3 is 12.1 Å². The van der Waals surface area contributed by atoms with E-state index in [0.717, 1.165) is 12.5 Å². The van der Waals surface area contributed by atoms with Crippen molar-refractivity contribution in [3.8, 4) is 0 Å². The molecule has 2 aromatic rings. The van der Waals surface area contributed by atoms with Crippen molar-refractivity contribution in [2.75, 3.05) is 0 Å². The minimum absolute atomic E-state index is 0.000150. The Hall–Kier alpha value is -3.67. The van der Waals surface area contributed by atoms with E-state index in [1.807, 2.05) is 6.07 Å². The van der Waals surface area contributed by atoms with Gasteiger partial charge < -0.3 is 30.5 Å². The maximum atomic E-state index is 12.9. The third kappa shape index (κ3) is 10.3. The van der Waals surface area contributed by atoms with Gasteiger partial charge in [-0.25, -0.2) is 9.59 Å². The third-order valence-corrected chi connectivity index (χ3v) is 6.65. The van der Waals surface area contributed by atoms with Gasteiger partial charge in [0.05, 0.1) is 6.61 Å². The summed E-state index contributed by atoms with van der Waals surface area (Å²) in [5.74, 6) is -4.11. The summed E-state index contributed by atoms with van der Waals surface area (Å²) < 4.78 is 10.6. The van der Waals surface area contributed by atoms with Gasteiger partial charge in [0.25, 0.3) is 0 Å². The largest absolute Gasteiger partial charge is 0.479 e. The molecular formula is C28H33Cl2N3O8. The number of carboxylic acids is 1. The summed E-state index contributed by atoms with van der Waals surface area (Å²) in [4.78, 5) is 62.4. The smallest absolute Gasteiger partial charge is 0.408 e. The predicted octanol–water partition coefficient (Wildman–Crippen LogP) is 3.49. The van der Waals surface area contributed by atoms with Gasteiger partial charge in [0.1, 0.15) is 24.7 Å². The number of nitrogens with one attached hydrogen (secondary N) is 3. The number of alkyl carbamates (subject to hydrolysis) is 1. The summed E-state index contributed by atoms with van der Waals surface area (Å²) in [6.07, 6.45) is -2.60. The van der Waals surface area contributed by atoms with Crippen molar-refractivity contribution < 1.29 is 38.6 Å². The van der Waals surface area contributed by atoms with E-state index in [2.05, 4.69) is 16.0 Å². The topological polar surface area (TPSA) is 160 Å². The van der Waals surface area contributed by atoms with Gasteiger partial charge in [-0.2, -0.15) is 0 Å². The minimum Gasteiger partial charge on any atom is -0.479 e. The van der Waals surface area contributed by atoms with E-state index in [4.69, 9.17) is 32.7 Å². The third-order valence-electron chi connectivity index (χ3n) is 5.94. The van der Waals surface area contributed by atoms with Crippen LogP contribution in [0.25, 0.3) is 0 Å². The van der Waals surface area contributed by atoms with Crippen LogP contribution in [0.3, 0.4) is 0 Å². The van der Waals surface area contributed by atoms with Gasteiger partial charge in [0.2, 0.25) is 11.8 Å². The first kappa shape index (κ1) is 33.5. The summed E-state index contributed by atoms with van der Waals surface area (Å²) in [6.45, 7) is 5.48. The molecule has 0 aromatic heterocycles. The van der Waals surface area contributed by atoms with Crippen molar-refractivity contribution >= 4 is 52.9 Å². The van der Waals surface area contributed by atoms with Gasteiger partial charge in [-0.05, 0) is 37.5 Å². The Labute approximate surface area is 247 Å². The number of carbonyl (C=O) groups is 5. The van der Waals surface area contributed by atoms with E-state index in [1.54, 1.807) is 56.3 Å². The number of hydrogen-bond acceptors (Lipinski definition) is 7. The quantitative estimate of drug-likeness (QED) is 0.253. The fraction of sp³-hybridized carbons (Fsp3) is 0.393. The van der Waals surface area contributed by atoms with E-state index in [0.29, 0.717) is 5.56 Å². The molecule has 0 aliphatic carbocycles. The van der Waals surface area contributed by atoms with E-state index in [1.165, 1.54) is 6.92 Å². The van der Waals surface area contributed by atoms with Gasteiger partial charge in [-0.3, -0.25) is 14.4 Å². The van der Waals surface area contributed by atoms with Crippen molar-refractivity contribution in [1.82, 2.24) is 16.0 Å². The second-order valence-electron chi connectivity index (χ2n) is 9.52. The molecule has 4 atom stereocenters. The Morgan fingerprint density at radius 1 is 0.805 bits per heavy atom. The molecule has 222 valence electrons. The zero-order valence-electron chi connectivity index (χ0n) is 23.0. The van der Waals surface area contributed by atoms with Crippen molar-refractivity contribution in [3.63, 3.8) is 0 Å². The van der Waals surface area contributed by atoms with Crippen LogP contribution in [0.2, 0.25) is 10.0 Å². The maximum Gasteiger partial charge on any atom is 0.408 e. The van der Waals surface area contributed by atoms with E-state index >= 15 is 0 Å². The normalized spacial score (nSPS) is 13.8. The van der Waals surface area contributed by atoms with Gasteiger partial charge in [-0.1, -0.05) is 73.4 Å². The number of Topliss-reactive ketones (excluding diaryl/α,β-unsaturated/α-hetero) is 1. The standard InChI is InChI=1S/C28H33Cl2N3O8/c1-15(2)22(33-28(39)41-13-18-9-6-5-7-10-18)26(36)31-16(3)25(35)32-23(17(4)34)24(27(37)38)40-14-19-20(29)11-8-12-21(19)30/h5-12,15-16,22-24H,13-14H2,1-4H3,(H,31,36)(H,32,35)(H,33,39)(H,37,38)/t16-,22-,23?,24-/m0/s1. The maximum absolute atomic E-state index is 12.9. The van der Waals surface area contributed by atoms with Crippen LogP contribution in [-0.4, -0.2) is 59.0 Å². The molecule has 0 aliphatic heterocycles. The summed E-state index contributed by atoms with van der Waals surface area (Å²) in [7, 11) is 0. The molecule has 13 heteroatoms. The molecule has 3 amide bonds. The molecule has 0 saturated heterocycles. The second kappa shape index (κ2) is 15.9. The summed E-state index contributed by atoms with van der Waals surface area (Å²) in [6, 6.07) is 9.81. The molecule has 0 radical (unpaired) electrons. The average molecular weight is 610 g/mol. The highest BCUT2D eigenvalue weighted by Gasteiger charge is 2.36. The summed E-state index contributed by atoms with van der Waals surface area (Å²) in [5, 5.41) is 17.5. The fourth-order valence-electron chi connectivity index (χ4n) is 3.62. The Balaban J connectivity index is 2.03. The number of ketones is 1. The number of carboxylic acid groups (broad SMARTS) is 1. The first-order valence-corrected chi connectivity index (χ1v) is 13.4. The molecule has 2 aromatic carbocycles. The number of rotatable bonds is 14. The van der Waals surface area contributed by atoms with E-state index in [9.17, 15) is 29.1 Å². The molecule has 0 bridgehead atoms. The molecule has 2 rings (SSSR count). The molecule has 0 saturated carbocycles. The first-order valence-electron chi connectivity index (χ1n) is 12.7. The molecule has 0 fully saturated rings. The van der Waals surface area contributed by atoms with Crippen molar-refractivity contribution in [2.45, 2.75) is 65.1 Å². The number of halogens is 2. The molecule has 1 unspecified atom stereocenters. The van der Waals surface area contributed by atoms with Crippen LogP contribution < -0.4 is 16.0 Å². The molecule has 0 spiro atoms. The van der Waals surface area contributed by atoms with Crippen LogP contribution >= 0.6 is 23.2 Å². The lowest BCUT2D eigenvalue weighted by atomic mass is 10.0.